The van der Waals surface area contributed by atoms with Crippen molar-refractivity contribution < 1.29 is 21.3 Å². The van der Waals surface area contributed by atoms with Gasteiger partial charge in [-0.15, -0.1) is 0 Å². The average molecular weight is 339 g/mol. The summed E-state index contributed by atoms with van der Waals surface area (Å²) < 4.78 is 55.2. The minimum absolute atomic E-state index is 0.0272. The van der Waals surface area contributed by atoms with Crippen molar-refractivity contribution in [1.29, 1.82) is 0 Å². The first-order chi connectivity index (χ1) is 9.60. The first-order valence-electron chi connectivity index (χ1n) is 6.36. The SMILES string of the molecule is CC(C)NCc1ccc(S(=O)(=O)NCCNS(C)(=O)=O)o1. The minimum Gasteiger partial charge on any atom is -0.447 e. The van der Waals surface area contributed by atoms with Crippen molar-refractivity contribution in [3.05, 3.63) is 17.9 Å². The van der Waals surface area contributed by atoms with Gasteiger partial charge in [-0.3, -0.25) is 0 Å². The zero-order chi connectivity index (χ0) is 16.1. The van der Waals surface area contributed by atoms with E-state index in [-0.39, 0.29) is 24.2 Å². The lowest BCUT2D eigenvalue weighted by molar-refractivity contribution is 0.393. The molecule has 0 fully saturated rings. The smallest absolute Gasteiger partial charge is 0.274 e. The average Bonchev–Trinajstić information content (AvgIpc) is 2.80. The highest BCUT2D eigenvalue weighted by Crippen LogP contribution is 2.13. The number of hydrogen-bond donors (Lipinski definition) is 3. The summed E-state index contributed by atoms with van der Waals surface area (Å²) in [5.41, 5.74) is 0. The first kappa shape index (κ1) is 18.1. The quantitative estimate of drug-likeness (QED) is 0.527. The normalized spacial score (nSPS) is 13.0. The van der Waals surface area contributed by atoms with E-state index in [2.05, 4.69) is 14.8 Å². The third-order valence-electron chi connectivity index (χ3n) is 2.37. The van der Waals surface area contributed by atoms with Crippen LogP contribution in [0.4, 0.5) is 0 Å². The Balaban J connectivity index is 2.54. The zero-order valence-electron chi connectivity index (χ0n) is 12.2. The van der Waals surface area contributed by atoms with Gasteiger partial charge in [-0.1, -0.05) is 13.8 Å². The van der Waals surface area contributed by atoms with E-state index in [4.69, 9.17) is 4.42 Å². The molecular weight excluding hydrogens is 318 g/mol. The van der Waals surface area contributed by atoms with Gasteiger partial charge in [0, 0.05) is 19.1 Å². The number of nitrogens with one attached hydrogen (secondary N) is 3. The summed E-state index contributed by atoms with van der Waals surface area (Å²) in [6.45, 7) is 4.28. The second-order valence-corrected chi connectivity index (χ2v) is 8.35. The Morgan fingerprint density at radius 1 is 1.10 bits per heavy atom. The molecule has 0 aliphatic heterocycles. The van der Waals surface area contributed by atoms with Crippen LogP contribution < -0.4 is 14.8 Å². The van der Waals surface area contributed by atoms with Crippen molar-refractivity contribution in [2.45, 2.75) is 31.5 Å². The van der Waals surface area contributed by atoms with Gasteiger partial charge in [0.1, 0.15) is 5.76 Å². The molecule has 0 unspecified atom stereocenters. The molecule has 10 heteroatoms. The maximum Gasteiger partial charge on any atom is 0.274 e. The van der Waals surface area contributed by atoms with Crippen molar-refractivity contribution in [2.75, 3.05) is 19.3 Å². The van der Waals surface area contributed by atoms with E-state index in [1.165, 1.54) is 6.07 Å². The van der Waals surface area contributed by atoms with Gasteiger partial charge in [0.15, 0.2) is 0 Å². The lowest BCUT2D eigenvalue weighted by Crippen LogP contribution is -2.34. The van der Waals surface area contributed by atoms with E-state index in [1.807, 2.05) is 13.8 Å². The molecule has 1 aromatic rings. The van der Waals surface area contributed by atoms with Gasteiger partial charge in [0.05, 0.1) is 12.8 Å². The summed E-state index contributed by atoms with van der Waals surface area (Å²) in [7, 11) is -7.11. The molecule has 0 atom stereocenters. The maximum atomic E-state index is 11.9. The molecular formula is C11H21N3O5S2. The van der Waals surface area contributed by atoms with Gasteiger partial charge in [-0.2, -0.15) is 0 Å². The Morgan fingerprint density at radius 2 is 1.71 bits per heavy atom. The molecule has 0 aliphatic carbocycles. The third kappa shape index (κ3) is 7.05. The highest BCUT2D eigenvalue weighted by Gasteiger charge is 2.18. The molecule has 0 amide bonds. The van der Waals surface area contributed by atoms with E-state index < -0.39 is 20.0 Å². The van der Waals surface area contributed by atoms with Crippen molar-refractivity contribution in [3.63, 3.8) is 0 Å². The van der Waals surface area contributed by atoms with Gasteiger partial charge in [0.2, 0.25) is 15.1 Å². The second kappa shape index (κ2) is 7.36. The monoisotopic (exact) mass is 339 g/mol. The van der Waals surface area contributed by atoms with Gasteiger partial charge < -0.3 is 9.73 Å². The number of hydrogen-bond acceptors (Lipinski definition) is 6. The van der Waals surface area contributed by atoms with Gasteiger partial charge in [-0.25, -0.2) is 26.3 Å². The van der Waals surface area contributed by atoms with Crippen LogP contribution in [0.1, 0.15) is 19.6 Å². The molecule has 122 valence electrons. The summed E-state index contributed by atoms with van der Waals surface area (Å²) in [6.07, 6.45) is 1.00. The Bertz CT molecular complexity index is 649. The molecule has 1 heterocycles. The molecule has 0 aromatic carbocycles. The maximum absolute atomic E-state index is 11.9. The highest BCUT2D eigenvalue weighted by molar-refractivity contribution is 7.89. The first-order valence-corrected chi connectivity index (χ1v) is 9.74. The Kier molecular flexibility index (Phi) is 6.35. The lowest BCUT2D eigenvalue weighted by Gasteiger charge is -2.06. The van der Waals surface area contributed by atoms with E-state index in [0.717, 1.165) is 6.26 Å². The van der Waals surface area contributed by atoms with Crippen LogP contribution in [0, 0.1) is 0 Å². The van der Waals surface area contributed by atoms with Crippen LogP contribution in [0.15, 0.2) is 21.6 Å². The van der Waals surface area contributed by atoms with E-state index in [9.17, 15) is 16.8 Å². The van der Waals surface area contributed by atoms with Crippen LogP contribution in [0.25, 0.3) is 0 Å². The zero-order valence-corrected chi connectivity index (χ0v) is 13.8. The molecule has 0 bridgehead atoms. The van der Waals surface area contributed by atoms with E-state index >= 15 is 0 Å². The van der Waals surface area contributed by atoms with Crippen molar-refractivity contribution >= 4 is 20.0 Å². The molecule has 0 radical (unpaired) electrons. The van der Waals surface area contributed by atoms with Crippen LogP contribution >= 0.6 is 0 Å². The summed E-state index contributed by atoms with van der Waals surface area (Å²) >= 11 is 0. The van der Waals surface area contributed by atoms with Crippen LogP contribution in [-0.2, 0) is 26.6 Å². The number of sulfonamides is 2. The third-order valence-corrected chi connectivity index (χ3v) is 4.43. The fourth-order valence-electron chi connectivity index (χ4n) is 1.40. The van der Waals surface area contributed by atoms with E-state index in [1.54, 1.807) is 6.07 Å². The largest absolute Gasteiger partial charge is 0.447 e. The standard InChI is InChI=1S/C11H21N3O5S2/c1-9(2)12-8-10-4-5-11(19-10)21(17,18)14-7-6-13-20(3,15)16/h4-5,9,12-14H,6-8H2,1-3H3. The van der Waals surface area contributed by atoms with Crippen molar-refractivity contribution in [3.8, 4) is 0 Å². The number of rotatable bonds is 9. The predicted molar refractivity (Wildman–Crippen MR) is 78.7 cm³/mol. The van der Waals surface area contributed by atoms with Crippen LogP contribution in [0.3, 0.4) is 0 Å². The van der Waals surface area contributed by atoms with E-state index in [0.29, 0.717) is 12.3 Å². The summed E-state index contributed by atoms with van der Waals surface area (Å²) in [4.78, 5) is 0. The fraction of sp³-hybridized carbons (Fsp3) is 0.636. The summed E-state index contributed by atoms with van der Waals surface area (Å²) in [5, 5.41) is 2.92. The second-order valence-electron chi connectivity index (χ2n) is 4.82. The highest BCUT2D eigenvalue weighted by atomic mass is 32.2. The van der Waals surface area contributed by atoms with Gasteiger partial charge in [0.25, 0.3) is 10.0 Å². The predicted octanol–water partition coefficient (Wildman–Crippen LogP) is -0.395. The van der Waals surface area contributed by atoms with Crippen LogP contribution in [-0.4, -0.2) is 42.2 Å². The molecule has 0 saturated heterocycles. The fourth-order valence-corrected chi connectivity index (χ4v) is 2.85. The van der Waals surface area contributed by atoms with Crippen LogP contribution in [0.5, 0.6) is 0 Å². The van der Waals surface area contributed by atoms with Gasteiger partial charge in [-0.05, 0) is 12.1 Å². The molecule has 3 N–H and O–H groups in total. The Labute approximate surface area is 125 Å². The molecule has 0 saturated carbocycles. The Morgan fingerprint density at radius 3 is 2.29 bits per heavy atom. The molecule has 1 aromatic heterocycles. The molecule has 8 nitrogen and oxygen atoms in total. The van der Waals surface area contributed by atoms with Gasteiger partial charge >= 0.3 is 0 Å². The summed E-state index contributed by atoms with van der Waals surface area (Å²) in [5.74, 6) is 0.512. The Hall–Kier alpha value is -0.940. The molecule has 21 heavy (non-hydrogen) atoms. The molecule has 0 spiro atoms. The molecule has 1 rings (SSSR count). The lowest BCUT2D eigenvalue weighted by atomic mass is 10.3. The minimum atomic E-state index is -3.78. The number of furan rings is 1. The van der Waals surface area contributed by atoms with Crippen molar-refractivity contribution in [1.82, 2.24) is 14.8 Å². The summed E-state index contributed by atoms with van der Waals surface area (Å²) in [6, 6.07) is 3.21. The van der Waals surface area contributed by atoms with Crippen molar-refractivity contribution in [2.24, 2.45) is 0 Å². The molecule has 0 aliphatic rings. The van der Waals surface area contributed by atoms with Crippen LogP contribution in [0.2, 0.25) is 0 Å². The topological polar surface area (TPSA) is 118 Å².